The minimum absolute atomic E-state index is 0.152. The van der Waals surface area contributed by atoms with Crippen LogP contribution in [0, 0.1) is 3.57 Å². The number of rotatable bonds is 4. The maximum Gasteiger partial charge on any atom is 0.251 e. The number of nitrogens with zero attached hydrogens (tertiary/aromatic N) is 3. The van der Waals surface area contributed by atoms with Crippen molar-refractivity contribution in [1.82, 2.24) is 19.9 Å². The van der Waals surface area contributed by atoms with Gasteiger partial charge in [-0.1, -0.05) is 41.9 Å². The molecule has 0 atom stereocenters. The van der Waals surface area contributed by atoms with Gasteiger partial charge < -0.3 is 5.32 Å². The van der Waals surface area contributed by atoms with Crippen molar-refractivity contribution < 1.29 is 4.79 Å². The lowest BCUT2D eigenvalue weighted by Gasteiger charge is -2.08. The number of aromatic nitrogens is 3. The Balaban J connectivity index is 1.73. The van der Waals surface area contributed by atoms with Crippen molar-refractivity contribution in [2.75, 3.05) is 0 Å². The van der Waals surface area contributed by atoms with Crippen molar-refractivity contribution in [2.24, 2.45) is 0 Å². The van der Waals surface area contributed by atoms with E-state index in [1.165, 1.54) is 0 Å². The molecule has 2 aromatic carbocycles. The summed E-state index contributed by atoms with van der Waals surface area (Å²) in [6.45, 7) is 0.281. The molecule has 0 saturated carbocycles. The minimum Gasteiger partial charge on any atom is -0.346 e. The second kappa shape index (κ2) is 7.66. The van der Waals surface area contributed by atoms with Crippen LogP contribution in [-0.2, 0) is 6.54 Å². The first-order valence-corrected chi connectivity index (χ1v) is 9.71. The fraction of sp³-hybridized carbons (Fsp3) is 0.0500. The number of hydrogen-bond acceptors (Lipinski definition) is 3. The van der Waals surface area contributed by atoms with Gasteiger partial charge in [0.25, 0.3) is 5.91 Å². The predicted octanol–water partition coefficient (Wildman–Crippen LogP) is 4.58. The van der Waals surface area contributed by atoms with E-state index in [0.29, 0.717) is 16.4 Å². The zero-order valence-electron chi connectivity index (χ0n) is 14.1. The standard InChI is InChI=1S/C20H14ClIN4O/c21-17-10-11-18-24-19(13-6-8-15(22)9-7-13)16(26(18)25-17)12-23-20(27)14-4-2-1-3-5-14/h1-11H,12H2,(H,23,27). The highest BCUT2D eigenvalue weighted by molar-refractivity contribution is 14.1. The first-order chi connectivity index (χ1) is 13.1. The lowest BCUT2D eigenvalue weighted by atomic mass is 10.1. The molecule has 0 unspecified atom stereocenters. The van der Waals surface area contributed by atoms with Gasteiger partial charge in [-0.3, -0.25) is 4.79 Å². The van der Waals surface area contributed by atoms with Gasteiger partial charge in [0, 0.05) is 14.7 Å². The van der Waals surface area contributed by atoms with E-state index in [1.54, 1.807) is 22.7 Å². The van der Waals surface area contributed by atoms with Crippen LogP contribution < -0.4 is 5.32 Å². The summed E-state index contributed by atoms with van der Waals surface area (Å²) >= 11 is 8.34. The summed E-state index contributed by atoms with van der Waals surface area (Å²) in [7, 11) is 0. The topological polar surface area (TPSA) is 59.3 Å². The Labute approximate surface area is 174 Å². The lowest BCUT2D eigenvalue weighted by molar-refractivity contribution is 0.0950. The van der Waals surface area contributed by atoms with Crippen LogP contribution in [0.25, 0.3) is 16.9 Å². The summed E-state index contributed by atoms with van der Waals surface area (Å²) < 4.78 is 2.82. The third-order valence-electron chi connectivity index (χ3n) is 4.11. The van der Waals surface area contributed by atoms with Crippen LogP contribution in [0.5, 0.6) is 0 Å². The number of imidazole rings is 1. The number of carbonyl (C=O) groups is 1. The highest BCUT2D eigenvalue weighted by Crippen LogP contribution is 2.25. The molecule has 134 valence electrons. The summed E-state index contributed by atoms with van der Waals surface area (Å²) in [5.41, 5.74) is 3.79. The fourth-order valence-corrected chi connectivity index (χ4v) is 3.31. The van der Waals surface area contributed by atoms with Gasteiger partial charge in [-0.05, 0) is 59.0 Å². The number of fused-ring (bicyclic) bond motifs is 1. The van der Waals surface area contributed by atoms with Gasteiger partial charge in [0.2, 0.25) is 0 Å². The zero-order chi connectivity index (χ0) is 18.8. The minimum atomic E-state index is -0.152. The molecular weight excluding hydrogens is 475 g/mol. The molecule has 0 spiro atoms. The fourth-order valence-electron chi connectivity index (χ4n) is 2.81. The predicted molar refractivity (Wildman–Crippen MR) is 114 cm³/mol. The van der Waals surface area contributed by atoms with E-state index in [1.807, 2.05) is 48.5 Å². The Morgan fingerprint density at radius 3 is 2.52 bits per heavy atom. The van der Waals surface area contributed by atoms with Crippen molar-refractivity contribution in [3.05, 3.63) is 86.7 Å². The van der Waals surface area contributed by atoms with Crippen LogP contribution >= 0.6 is 34.2 Å². The molecule has 0 saturated heterocycles. The highest BCUT2D eigenvalue weighted by atomic mass is 127. The van der Waals surface area contributed by atoms with E-state index in [2.05, 4.69) is 33.0 Å². The second-order valence-corrected chi connectivity index (χ2v) is 7.52. The largest absolute Gasteiger partial charge is 0.346 e. The van der Waals surface area contributed by atoms with E-state index in [4.69, 9.17) is 16.6 Å². The highest BCUT2D eigenvalue weighted by Gasteiger charge is 2.16. The molecule has 2 heterocycles. The van der Waals surface area contributed by atoms with Gasteiger partial charge in [0.15, 0.2) is 5.65 Å². The summed E-state index contributed by atoms with van der Waals surface area (Å²) in [6, 6.07) is 20.7. The van der Waals surface area contributed by atoms with Crippen molar-refractivity contribution in [2.45, 2.75) is 6.54 Å². The van der Waals surface area contributed by atoms with Crippen LogP contribution in [0.4, 0.5) is 0 Å². The van der Waals surface area contributed by atoms with Crippen molar-refractivity contribution >= 4 is 45.7 Å². The molecule has 4 rings (SSSR count). The molecule has 1 N–H and O–H groups in total. The van der Waals surface area contributed by atoms with Crippen LogP contribution in [0.3, 0.4) is 0 Å². The van der Waals surface area contributed by atoms with E-state index in [0.717, 1.165) is 20.5 Å². The Bertz CT molecular complexity index is 1110. The van der Waals surface area contributed by atoms with Gasteiger partial charge in [0.05, 0.1) is 17.9 Å². The molecule has 0 aliphatic carbocycles. The van der Waals surface area contributed by atoms with Crippen LogP contribution in [0.1, 0.15) is 16.1 Å². The molecule has 0 bridgehead atoms. The molecular formula is C20H14ClIN4O. The van der Waals surface area contributed by atoms with Gasteiger partial charge in [0.1, 0.15) is 5.15 Å². The maximum absolute atomic E-state index is 12.4. The molecule has 0 aliphatic heterocycles. The quantitative estimate of drug-likeness (QED) is 0.428. The normalized spacial score (nSPS) is 10.9. The third-order valence-corrected chi connectivity index (χ3v) is 5.03. The molecule has 0 fully saturated rings. The second-order valence-electron chi connectivity index (χ2n) is 5.89. The molecule has 5 nitrogen and oxygen atoms in total. The molecule has 0 radical (unpaired) electrons. The number of amides is 1. The number of benzene rings is 2. The van der Waals surface area contributed by atoms with Crippen molar-refractivity contribution in [3.8, 4) is 11.3 Å². The molecule has 7 heteroatoms. The molecule has 27 heavy (non-hydrogen) atoms. The van der Waals surface area contributed by atoms with E-state index in [-0.39, 0.29) is 12.5 Å². The van der Waals surface area contributed by atoms with Crippen molar-refractivity contribution in [1.29, 1.82) is 0 Å². The molecule has 1 amide bonds. The van der Waals surface area contributed by atoms with Crippen molar-refractivity contribution in [3.63, 3.8) is 0 Å². The Morgan fingerprint density at radius 1 is 1.04 bits per heavy atom. The van der Waals surface area contributed by atoms with E-state index < -0.39 is 0 Å². The molecule has 0 aliphatic rings. The van der Waals surface area contributed by atoms with Crippen LogP contribution in [0.2, 0.25) is 5.15 Å². The monoisotopic (exact) mass is 488 g/mol. The van der Waals surface area contributed by atoms with E-state index in [9.17, 15) is 4.79 Å². The first kappa shape index (κ1) is 17.9. The number of halogens is 2. The Hall–Kier alpha value is -2.45. The van der Waals surface area contributed by atoms with Gasteiger partial charge in [-0.15, -0.1) is 0 Å². The smallest absolute Gasteiger partial charge is 0.251 e. The van der Waals surface area contributed by atoms with Gasteiger partial charge >= 0.3 is 0 Å². The SMILES string of the molecule is O=C(NCc1c(-c2ccc(I)cc2)nc2ccc(Cl)nn12)c1ccccc1. The molecule has 4 aromatic rings. The molecule has 2 aromatic heterocycles. The number of nitrogens with one attached hydrogen (secondary N) is 1. The first-order valence-electron chi connectivity index (χ1n) is 8.25. The summed E-state index contributed by atoms with van der Waals surface area (Å²) in [4.78, 5) is 17.1. The lowest BCUT2D eigenvalue weighted by Crippen LogP contribution is -2.24. The Morgan fingerprint density at radius 2 is 1.78 bits per heavy atom. The number of hydrogen-bond donors (Lipinski definition) is 1. The summed E-state index contributed by atoms with van der Waals surface area (Å²) in [5.74, 6) is -0.152. The van der Waals surface area contributed by atoms with Crippen LogP contribution in [0.15, 0.2) is 66.7 Å². The van der Waals surface area contributed by atoms with E-state index >= 15 is 0 Å². The van der Waals surface area contributed by atoms with Gasteiger partial charge in [-0.2, -0.15) is 5.10 Å². The summed E-state index contributed by atoms with van der Waals surface area (Å²) in [6.07, 6.45) is 0. The maximum atomic E-state index is 12.4. The Kier molecular flexibility index (Phi) is 5.09. The average Bonchev–Trinajstić information content (AvgIpc) is 3.05. The summed E-state index contributed by atoms with van der Waals surface area (Å²) in [5, 5.41) is 7.67. The zero-order valence-corrected chi connectivity index (χ0v) is 17.0. The number of carbonyl (C=O) groups excluding carboxylic acids is 1. The van der Waals surface area contributed by atoms with Gasteiger partial charge in [-0.25, -0.2) is 9.50 Å². The average molecular weight is 489 g/mol. The third kappa shape index (κ3) is 3.81. The van der Waals surface area contributed by atoms with Crippen LogP contribution in [-0.4, -0.2) is 20.5 Å².